The summed E-state index contributed by atoms with van der Waals surface area (Å²) in [6.45, 7) is 0.766. The third-order valence-corrected chi connectivity index (χ3v) is 5.45. The molecular weight excluding hydrogens is 356 g/mol. The van der Waals surface area contributed by atoms with E-state index in [0.29, 0.717) is 6.42 Å². The van der Waals surface area contributed by atoms with Crippen LogP contribution in [0.5, 0.6) is 0 Å². The van der Waals surface area contributed by atoms with Crippen LogP contribution in [0.2, 0.25) is 0 Å². The van der Waals surface area contributed by atoms with Crippen LogP contribution in [0.15, 0.2) is 54.6 Å². The number of benzene rings is 2. The maximum atomic E-state index is 13.4. The van der Waals surface area contributed by atoms with Crippen molar-refractivity contribution in [1.29, 1.82) is 0 Å². The maximum absolute atomic E-state index is 13.4. The molecule has 3 rings (SSSR count). The van der Waals surface area contributed by atoms with Gasteiger partial charge in [0.2, 0.25) is 11.8 Å². The second-order valence-electron chi connectivity index (χ2n) is 7.73. The van der Waals surface area contributed by atoms with E-state index in [0.717, 1.165) is 16.8 Å². The van der Waals surface area contributed by atoms with Gasteiger partial charge in [0.1, 0.15) is 0 Å². The third-order valence-electron chi connectivity index (χ3n) is 5.45. The number of anilines is 1. The van der Waals surface area contributed by atoms with Crippen molar-refractivity contribution in [3.63, 3.8) is 0 Å². The topological polar surface area (TPSA) is 89.9 Å². The maximum Gasteiger partial charge on any atom is 0.238 e. The zero-order valence-corrected chi connectivity index (χ0v) is 16.2. The Morgan fingerprint density at radius 3 is 2.32 bits per heavy atom. The molecule has 1 aliphatic heterocycles. The second-order valence-corrected chi connectivity index (χ2v) is 7.73. The van der Waals surface area contributed by atoms with E-state index in [2.05, 4.69) is 5.32 Å². The highest BCUT2D eigenvalue weighted by atomic mass is 16.3. The van der Waals surface area contributed by atoms with Crippen molar-refractivity contribution in [3.8, 4) is 0 Å². The molecule has 0 spiro atoms. The summed E-state index contributed by atoms with van der Waals surface area (Å²) >= 11 is 0. The van der Waals surface area contributed by atoms with E-state index >= 15 is 0 Å². The fourth-order valence-corrected chi connectivity index (χ4v) is 3.85. The van der Waals surface area contributed by atoms with Gasteiger partial charge in [-0.05, 0) is 30.5 Å². The van der Waals surface area contributed by atoms with Gasteiger partial charge in [0, 0.05) is 19.2 Å². The van der Waals surface area contributed by atoms with Crippen molar-refractivity contribution < 1.29 is 19.8 Å². The molecule has 2 amide bonds. The highest BCUT2D eigenvalue weighted by Crippen LogP contribution is 2.45. The quantitative estimate of drug-likeness (QED) is 0.675. The van der Waals surface area contributed by atoms with E-state index in [9.17, 15) is 19.8 Å². The fraction of sp³-hybridized carbons (Fsp3) is 0.364. The van der Waals surface area contributed by atoms with Crippen LogP contribution in [0.1, 0.15) is 24.5 Å². The van der Waals surface area contributed by atoms with Crippen LogP contribution < -0.4 is 10.2 Å². The van der Waals surface area contributed by atoms with Gasteiger partial charge in [0.15, 0.2) is 0 Å². The molecule has 0 radical (unpaired) electrons. The Hall–Kier alpha value is -2.70. The number of nitrogens with one attached hydrogen (secondary N) is 1. The molecular formula is C22H26N2O4. The summed E-state index contributed by atoms with van der Waals surface area (Å²) in [6, 6.07) is 17.1. The molecule has 148 valence electrons. The minimum absolute atomic E-state index is 0.0718. The highest BCUT2D eigenvalue weighted by molar-refractivity contribution is 6.10. The lowest BCUT2D eigenvalue weighted by Crippen LogP contribution is -2.54. The van der Waals surface area contributed by atoms with Crippen LogP contribution in [-0.2, 0) is 21.4 Å². The van der Waals surface area contributed by atoms with Gasteiger partial charge in [-0.2, -0.15) is 0 Å². The number of fused-ring (bicyclic) bond motifs is 1. The molecule has 2 aromatic rings. The number of hydrogen-bond donors (Lipinski definition) is 3. The summed E-state index contributed by atoms with van der Waals surface area (Å²) in [5, 5.41) is 21.7. The Labute approximate surface area is 164 Å². The van der Waals surface area contributed by atoms with Crippen LogP contribution in [0.3, 0.4) is 0 Å². The summed E-state index contributed by atoms with van der Waals surface area (Å²) in [7, 11) is 1.72. The first-order valence-corrected chi connectivity index (χ1v) is 9.29. The molecule has 6 heteroatoms. The highest BCUT2D eigenvalue weighted by Gasteiger charge is 2.51. The summed E-state index contributed by atoms with van der Waals surface area (Å²) in [6.07, 6.45) is 0.314. The Morgan fingerprint density at radius 1 is 1.07 bits per heavy atom. The second kappa shape index (κ2) is 7.73. The monoisotopic (exact) mass is 382 g/mol. The molecule has 0 aliphatic carbocycles. The largest absolute Gasteiger partial charge is 0.394 e. The van der Waals surface area contributed by atoms with E-state index in [1.807, 2.05) is 54.6 Å². The number of carbonyl (C=O) groups excluding carboxylic acids is 2. The van der Waals surface area contributed by atoms with Gasteiger partial charge in [-0.25, -0.2) is 0 Å². The normalized spacial score (nSPS) is 18.9. The molecule has 0 fully saturated rings. The fourth-order valence-electron chi connectivity index (χ4n) is 3.85. The van der Waals surface area contributed by atoms with Crippen LogP contribution >= 0.6 is 0 Å². The van der Waals surface area contributed by atoms with Crippen LogP contribution in [0.4, 0.5) is 5.69 Å². The minimum atomic E-state index is -1.14. The van der Waals surface area contributed by atoms with Gasteiger partial charge in [0.25, 0.3) is 0 Å². The number of rotatable bonds is 7. The molecule has 1 atom stereocenters. The molecule has 3 N–H and O–H groups in total. The Morgan fingerprint density at radius 2 is 1.68 bits per heavy atom. The standard InChI is InChI=1S/C22H26N2O4/c1-21(14-25,15-26)23-19(27)13-22(12-16-8-4-3-5-9-16)17-10-6-7-11-18(17)24(2)20(22)28/h3-11,25-26H,12-15H2,1-2H3,(H,23,27). The van der Waals surface area contributed by atoms with Crippen molar-refractivity contribution in [2.45, 2.75) is 30.7 Å². The number of hydrogen-bond acceptors (Lipinski definition) is 4. The molecule has 1 heterocycles. The van der Waals surface area contributed by atoms with Crippen LogP contribution in [0, 0.1) is 0 Å². The summed E-state index contributed by atoms with van der Waals surface area (Å²) < 4.78 is 0. The van der Waals surface area contributed by atoms with Gasteiger partial charge < -0.3 is 20.4 Å². The lowest BCUT2D eigenvalue weighted by molar-refractivity contribution is -0.131. The van der Waals surface area contributed by atoms with Crippen LogP contribution in [0.25, 0.3) is 0 Å². The van der Waals surface area contributed by atoms with E-state index in [1.54, 1.807) is 18.9 Å². The summed E-state index contributed by atoms with van der Waals surface area (Å²) in [4.78, 5) is 27.9. The van der Waals surface area contributed by atoms with Crippen molar-refractivity contribution in [1.82, 2.24) is 5.32 Å². The molecule has 0 saturated carbocycles. The average molecular weight is 382 g/mol. The number of aliphatic hydroxyl groups excluding tert-OH is 2. The molecule has 28 heavy (non-hydrogen) atoms. The van der Waals surface area contributed by atoms with Gasteiger partial charge in [-0.3, -0.25) is 9.59 Å². The van der Waals surface area contributed by atoms with Gasteiger partial charge >= 0.3 is 0 Å². The van der Waals surface area contributed by atoms with Gasteiger partial charge in [0.05, 0.1) is 24.2 Å². The lowest BCUT2D eigenvalue weighted by Gasteiger charge is -2.31. The van der Waals surface area contributed by atoms with Crippen molar-refractivity contribution >= 4 is 17.5 Å². The zero-order valence-electron chi connectivity index (χ0n) is 16.2. The summed E-state index contributed by atoms with van der Waals surface area (Å²) in [5.41, 5.74) is 0.390. The Bertz CT molecular complexity index is 864. The average Bonchev–Trinajstić information content (AvgIpc) is 2.91. The van der Waals surface area contributed by atoms with Crippen LogP contribution in [-0.4, -0.2) is 47.8 Å². The van der Waals surface area contributed by atoms with E-state index in [1.165, 1.54) is 0 Å². The minimum Gasteiger partial charge on any atom is -0.394 e. The van der Waals surface area contributed by atoms with Crippen molar-refractivity contribution in [3.05, 3.63) is 65.7 Å². The number of nitrogens with zero attached hydrogens (tertiary/aromatic N) is 1. The first kappa shape index (κ1) is 20.0. The summed E-state index contributed by atoms with van der Waals surface area (Å²) in [5.74, 6) is -0.526. The number of likely N-dealkylation sites (N-methyl/N-ethyl adjacent to an activating group) is 1. The Balaban J connectivity index is 2.02. The molecule has 0 aromatic heterocycles. The number of para-hydroxylation sites is 1. The first-order valence-electron chi connectivity index (χ1n) is 9.29. The SMILES string of the molecule is CN1C(=O)C(CC(=O)NC(C)(CO)CO)(Cc2ccccc2)c2ccccc21. The number of amides is 2. The van der Waals surface area contributed by atoms with Crippen molar-refractivity contribution in [2.75, 3.05) is 25.2 Å². The molecule has 0 bridgehead atoms. The number of aliphatic hydroxyl groups is 2. The van der Waals surface area contributed by atoms with Gasteiger partial charge in [-0.1, -0.05) is 48.5 Å². The molecule has 1 unspecified atom stereocenters. The predicted molar refractivity (Wildman–Crippen MR) is 107 cm³/mol. The third kappa shape index (κ3) is 3.53. The van der Waals surface area contributed by atoms with Gasteiger partial charge in [-0.15, -0.1) is 0 Å². The number of carbonyl (C=O) groups is 2. The lowest BCUT2D eigenvalue weighted by atomic mass is 9.73. The first-order chi connectivity index (χ1) is 13.3. The molecule has 0 saturated heterocycles. The van der Waals surface area contributed by atoms with E-state index < -0.39 is 24.2 Å². The molecule has 2 aromatic carbocycles. The predicted octanol–water partition coefficient (Wildman–Crippen LogP) is 1.39. The molecule has 1 aliphatic rings. The zero-order chi connectivity index (χ0) is 20.4. The molecule has 6 nitrogen and oxygen atoms in total. The van der Waals surface area contributed by atoms with E-state index in [4.69, 9.17) is 0 Å². The smallest absolute Gasteiger partial charge is 0.238 e. The Kier molecular flexibility index (Phi) is 5.54. The van der Waals surface area contributed by atoms with E-state index in [-0.39, 0.29) is 18.2 Å². The van der Waals surface area contributed by atoms with Crippen molar-refractivity contribution in [2.24, 2.45) is 0 Å².